The summed E-state index contributed by atoms with van der Waals surface area (Å²) in [7, 11) is 0. The zero-order valence-corrected chi connectivity index (χ0v) is 12.5. The molecule has 16 heavy (non-hydrogen) atoms. The Hall–Kier alpha value is -0.460. The van der Waals surface area contributed by atoms with Gasteiger partial charge in [-0.1, -0.05) is 0 Å². The maximum absolute atomic E-state index is 4.30. The molecule has 0 aromatic carbocycles. The Labute approximate surface area is 115 Å². The van der Waals surface area contributed by atoms with Gasteiger partial charge in [0.2, 0.25) is 0 Å². The van der Waals surface area contributed by atoms with E-state index in [1.807, 2.05) is 13.0 Å². The van der Waals surface area contributed by atoms with Crippen molar-refractivity contribution < 1.29 is 0 Å². The summed E-state index contributed by atoms with van der Waals surface area (Å²) in [5.41, 5.74) is 0. The van der Waals surface area contributed by atoms with Crippen molar-refractivity contribution in [3.05, 3.63) is 37.3 Å². The standard InChI is InChI=1S/C10H9Br2N3S/c1-6-14-9(12)3-10(15-6)13-4-8-2-7(11)5-16-8/h2-3,5H,4H2,1H3,(H,13,14,15). The molecule has 0 amide bonds. The van der Waals surface area contributed by atoms with Gasteiger partial charge in [-0.15, -0.1) is 11.3 Å². The van der Waals surface area contributed by atoms with E-state index in [2.05, 4.69) is 58.6 Å². The van der Waals surface area contributed by atoms with E-state index < -0.39 is 0 Å². The molecule has 2 heterocycles. The van der Waals surface area contributed by atoms with E-state index >= 15 is 0 Å². The summed E-state index contributed by atoms with van der Waals surface area (Å²) < 4.78 is 1.92. The van der Waals surface area contributed by atoms with E-state index in [0.717, 1.165) is 27.3 Å². The molecule has 1 N–H and O–H groups in total. The molecule has 0 saturated carbocycles. The summed E-state index contributed by atoms with van der Waals surface area (Å²) >= 11 is 8.49. The van der Waals surface area contributed by atoms with Crippen molar-refractivity contribution in [2.45, 2.75) is 13.5 Å². The molecule has 0 radical (unpaired) electrons. The zero-order chi connectivity index (χ0) is 11.5. The quantitative estimate of drug-likeness (QED) is 0.839. The van der Waals surface area contributed by atoms with Gasteiger partial charge in [-0.25, -0.2) is 9.97 Å². The normalized spacial score (nSPS) is 10.4. The third-order valence-corrected chi connectivity index (χ3v) is 3.98. The summed E-state index contributed by atoms with van der Waals surface area (Å²) in [6.07, 6.45) is 0. The minimum Gasteiger partial charge on any atom is -0.365 e. The minimum atomic E-state index is 0.754. The van der Waals surface area contributed by atoms with Crippen molar-refractivity contribution in [3.8, 4) is 0 Å². The SMILES string of the molecule is Cc1nc(Br)cc(NCc2cc(Br)cs2)n1. The number of aryl methyl sites for hydroxylation is 1. The van der Waals surface area contributed by atoms with E-state index in [4.69, 9.17) is 0 Å². The molecule has 0 atom stereocenters. The fraction of sp³-hybridized carbons (Fsp3) is 0.200. The van der Waals surface area contributed by atoms with Gasteiger partial charge in [0.05, 0.1) is 6.54 Å². The number of anilines is 1. The predicted octanol–water partition coefficient (Wildman–Crippen LogP) is 3.98. The van der Waals surface area contributed by atoms with Gasteiger partial charge in [-0.05, 0) is 44.8 Å². The maximum atomic E-state index is 4.30. The number of nitrogens with one attached hydrogen (secondary N) is 1. The molecule has 84 valence electrons. The lowest BCUT2D eigenvalue weighted by Crippen LogP contribution is -2.01. The van der Waals surface area contributed by atoms with E-state index in [-0.39, 0.29) is 0 Å². The van der Waals surface area contributed by atoms with E-state index in [9.17, 15) is 0 Å². The second-order valence-corrected chi connectivity index (χ2v) is 5.93. The number of aromatic nitrogens is 2. The highest BCUT2D eigenvalue weighted by molar-refractivity contribution is 9.10. The molecule has 0 bridgehead atoms. The molecular weight excluding hydrogens is 354 g/mol. The van der Waals surface area contributed by atoms with Crippen LogP contribution in [0, 0.1) is 6.92 Å². The number of nitrogens with zero attached hydrogens (tertiary/aromatic N) is 2. The van der Waals surface area contributed by atoms with E-state index in [0.29, 0.717) is 0 Å². The summed E-state index contributed by atoms with van der Waals surface area (Å²) in [6.45, 7) is 2.65. The van der Waals surface area contributed by atoms with Crippen LogP contribution in [0.5, 0.6) is 0 Å². The molecule has 0 aliphatic rings. The van der Waals surface area contributed by atoms with Crippen LogP contribution in [0.1, 0.15) is 10.7 Å². The number of rotatable bonds is 3. The average Bonchev–Trinajstić information content (AvgIpc) is 2.60. The van der Waals surface area contributed by atoms with E-state index in [1.54, 1.807) is 11.3 Å². The van der Waals surface area contributed by atoms with Gasteiger partial charge in [-0.2, -0.15) is 0 Å². The highest BCUT2D eigenvalue weighted by Crippen LogP contribution is 2.21. The van der Waals surface area contributed by atoms with Crippen molar-refractivity contribution in [1.29, 1.82) is 0 Å². The number of hydrogen-bond acceptors (Lipinski definition) is 4. The van der Waals surface area contributed by atoms with Crippen LogP contribution in [0.4, 0.5) is 5.82 Å². The second kappa shape index (κ2) is 5.25. The van der Waals surface area contributed by atoms with Gasteiger partial charge in [0.25, 0.3) is 0 Å². The molecule has 0 unspecified atom stereocenters. The number of hydrogen-bond donors (Lipinski definition) is 1. The average molecular weight is 363 g/mol. The van der Waals surface area contributed by atoms with Crippen molar-refractivity contribution in [2.24, 2.45) is 0 Å². The van der Waals surface area contributed by atoms with Crippen LogP contribution in [-0.4, -0.2) is 9.97 Å². The van der Waals surface area contributed by atoms with Crippen molar-refractivity contribution >= 4 is 49.0 Å². The van der Waals surface area contributed by atoms with Gasteiger partial charge < -0.3 is 5.32 Å². The topological polar surface area (TPSA) is 37.8 Å². The maximum Gasteiger partial charge on any atom is 0.131 e. The Morgan fingerprint density at radius 3 is 2.75 bits per heavy atom. The minimum absolute atomic E-state index is 0.754. The summed E-state index contributed by atoms with van der Waals surface area (Å²) in [5, 5.41) is 5.33. The predicted molar refractivity (Wildman–Crippen MR) is 73.8 cm³/mol. The first-order valence-electron chi connectivity index (χ1n) is 4.61. The van der Waals surface area contributed by atoms with Crippen molar-refractivity contribution in [2.75, 3.05) is 5.32 Å². The Balaban J connectivity index is 2.04. The Bertz CT molecular complexity index is 478. The Kier molecular flexibility index (Phi) is 3.94. The van der Waals surface area contributed by atoms with Gasteiger partial charge >= 0.3 is 0 Å². The monoisotopic (exact) mass is 361 g/mol. The molecule has 0 aliphatic heterocycles. The fourth-order valence-electron chi connectivity index (χ4n) is 1.25. The van der Waals surface area contributed by atoms with Crippen molar-refractivity contribution in [3.63, 3.8) is 0 Å². The summed E-state index contributed by atoms with van der Waals surface area (Å²) in [4.78, 5) is 9.71. The van der Waals surface area contributed by atoms with Crippen LogP contribution >= 0.6 is 43.2 Å². The van der Waals surface area contributed by atoms with Crippen LogP contribution in [0.25, 0.3) is 0 Å². The first-order chi connectivity index (χ1) is 7.63. The molecule has 2 aromatic heterocycles. The third kappa shape index (κ3) is 3.26. The highest BCUT2D eigenvalue weighted by atomic mass is 79.9. The number of halogens is 2. The first kappa shape index (κ1) is 12.0. The number of thiophene rings is 1. The molecule has 6 heteroatoms. The molecule has 2 aromatic rings. The lowest BCUT2D eigenvalue weighted by molar-refractivity contribution is 1.01. The summed E-state index contributed by atoms with van der Waals surface area (Å²) in [5.74, 6) is 1.59. The fourth-order valence-corrected chi connectivity index (χ4v) is 3.11. The van der Waals surface area contributed by atoms with Crippen LogP contribution in [-0.2, 0) is 6.54 Å². The van der Waals surface area contributed by atoms with Crippen LogP contribution in [0.2, 0.25) is 0 Å². The van der Waals surface area contributed by atoms with E-state index in [1.165, 1.54) is 4.88 Å². The van der Waals surface area contributed by atoms with Gasteiger partial charge in [0, 0.05) is 20.8 Å². The van der Waals surface area contributed by atoms with Gasteiger partial charge in [0.1, 0.15) is 16.2 Å². The molecule has 3 nitrogen and oxygen atoms in total. The first-order valence-corrected chi connectivity index (χ1v) is 7.08. The van der Waals surface area contributed by atoms with Gasteiger partial charge in [0.15, 0.2) is 0 Å². The third-order valence-electron chi connectivity index (χ3n) is 1.87. The largest absolute Gasteiger partial charge is 0.365 e. The molecule has 0 fully saturated rings. The highest BCUT2D eigenvalue weighted by Gasteiger charge is 2.01. The molecular formula is C10H9Br2N3S. The molecule has 0 saturated heterocycles. The van der Waals surface area contributed by atoms with Crippen molar-refractivity contribution in [1.82, 2.24) is 9.97 Å². The lowest BCUT2D eigenvalue weighted by atomic mass is 10.4. The lowest BCUT2D eigenvalue weighted by Gasteiger charge is -2.04. The summed E-state index contributed by atoms with van der Waals surface area (Å²) in [6, 6.07) is 3.97. The Morgan fingerprint density at radius 1 is 1.31 bits per heavy atom. The Morgan fingerprint density at radius 2 is 2.12 bits per heavy atom. The van der Waals surface area contributed by atoms with Crippen LogP contribution < -0.4 is 5.32 Å². The van der Waals surface area contributed by atoms with Crippen LogP contribution in [0.3, 0.4) is 0 Å². The van der Waals surface area contributed by atoms with Gasteiger partial charge in [-0.3, -0.25) is 0 Å². The second-order valence-electron chi connectivity index (χ2n) is 3.21. The molecule has 0 spiro atoms. The smallest absolute Gasteiger partial charge is 0.131 e. The van der Waals surface area contributed by atoms with Crippen LogP contribution in [0.15, 0.2) is 26.6 Å². The zero-order valence-electron chi connectivity index (χ0n) is 8.50. The molecule has 2 rings (SSSR count). The molecule has 0 aliphatic carbocycles.